The van der Waals surface area contributed by atoms with Gasteiger partial charge >= 0.3 is 17.9 Å². The molecule has 5 rings (SSSR count). The van der Waals surface area contributed by atoms with Gasteiger partial charge in [-0.3, -0.25) is 29.1 Å². The Bertz CT molecular complexity index is 1660. The van der Waals surface area contributed by atoms with E-state index in [1.807, 2.05) is 9.80 Å². The Morgan fingerprint density at radius 2 is 0.882 bits per heavy atom. The van der Waals surface area contributed by atoms with Crippen LogP contribution in [0.4, 0.5) is 5.69 Å². The Morgan fingerprint density at radius 3 is 1.27 bits per heavy atom. The van der Waals surface area contributed by atoms with Crippen molar-refractivity contribution in [3.8, 4) is 0 Å². The van der Waals surface area contributed by atoms with E-state index in [1.54, 1.807) is 4.90 Å². The summed E-state index contributed by atoms with van der Waals surface area (Å²) in [5.74, 6) is -2.85. The predicted octanol–water partition coefficient (Wildman–Crippen LogP) is 3.77. The fourth-order valence-electron chi connectivity index (χ4n) is 6.71. The van der Waals surface area contributed by atoms with Crippen LogP contribution in [-0.4, -0.2) is 120 Å². The molecule has 0 spiro atoms. The van der Waals surface area contributed by atoms with Crippen LogP contribution >= 0.6 is 29.9 Å². The van der Waals surface area contributed by atoms with Gasteiger partial charge in [-0.05, 0) is 88.8 Å². The first-order valence-electron chi connectivity index (χ1n) is 17.0. The molecule has 0 amide bonds. The van der Waals surface area contributed by atoms with E-state index >= 15 is 0 Å². The van der Waals surface area contributed by atoms with E-state index in [0.717, 1.165) is 11.8 Å². The summed E-state index contributed by atoms with van der Waals surface area (Å²) < 4.78 is 1.19. The highest BCUT2D eigenvalue weighted by Crippen LogP contribution is 2.58. The van der Waals surface area contributed by atoms with Crippen molar-refractivity contribution in [1.29, 1.82) is 0 Å². The second kappa shape index (κ2) is 18.6. The maximum Gasteiger partial charge on any atom is 0.317 e. The minimum absolute atomic E-state index is 0.151. The first-order valence-corrected chi connectivity index (χ1v) is 20.1. The maximum absolute atomic E-state index is 11.8. The molecule has 3 N–H and O–H groups in total. The second-order valence-electron chi connectivity index (χ2n) is 12.8. The normalized spacial score (nSPS) is 15.8. The molecule has 4 aromatic rings. The molecule has 268 valence electrons. The number of nitrogens with zero attached hydrogens (tertiary/aromatic N) is 4. The minimum Gasteiger partial charge on any atom is -0.480 e. The number of carboxylic acids is 3. The summed E-state index contributed by atoms with van der Waals surface area (Å²) in [4.78, 5) is 42.7. The molecule has 51 heavy (non-hydrogen) atoms. The van der Waals surface area contributed by atoms with Crippen LogP contribution in [0.15, 0.2) is 109 Å². The number of benzene rings is 4. The third-order valence-corrected chi connectivity index (χ3v) is 14.4. The summed E-state index contributed by atoms with van der Waals surface area (Å²) in [6, 6.07) is 39.1. The van der Waals surface area contributed by atoms with E-state index in [0.29, 0.717) is 52.4 Å². The van der Waals surface area contributed by atoms with Gasteiger partial charge in [-0.15, -0.1) is 0 Å². The van der Waals surface area contributed by atoms with Crippen LogP contribution in [0.5, 0.6) is 0 Å². The van der Waals surface area contributed by atoms with Crippen molar-refractivity contribution in [1.82, 2.24) is 14.7 Å². The molecule has 1 fully saturated rings. The summed E-state index contributed by atoms with van der Waals surface area (Å²) >= 11 is 2.35. The first-order chi connectivity index (χ1) is 24.6. The van der Waals surface area contributed by atoms with Crippen molar-refractivity contribution in [2.45, 2.75) is 6.16 Å². The molecule has 0 unspecified atom stereocenters. The summed E-state index contributed by atoms with van der Waals surface area (Å²) in [5, 5.41) is 32.6. The van der Waals surface area contributed by atoms with Gasteiger partial charge in [0.1, 0.15) is 23.2 Å². The lowest BCUT2D eigenvalue weighted by Gasteiger charge is -2.34. The van der Waals surface area contributed by atoms with Crippen molar-refractivity contribution in [2.24, 2.45) is 0 Å². The van der Waals surface area contributed by atoms with Crippen LogP contribution < -0.4 is 20.8 Å². The molecule has 1 heterocycles. The van der Waals surface area contributed by atoms with Crippen molar-refractivity contribution in [3.63, 3.8) is 0 Å². The van der Waals surface area contributed by atoms with Gasteiger partial charge in [0.05, 0.1) is 25.8 Å². The number of anilines is 1. The van der Waals surface area contributed by atoms with Crippen LogP contribution in [0.2, 0.25) is 0 Å². The van der Waals surface area contributed by atoms with Crippen LogP contribution in [0.1, 0.15) is 5.56 Å². The highest BCUT2D eigenvalue weighted by Gasteiger charge is 2.45. The Morgan fingerprint density at radius 1 is 0.510 bits per heavy atom. The molecule has 0 radical (unpaired) electrons. The molecular formula is C39H45IN4O6P+. The third kappa shape index (κ3) is 10.8. The summed E-state index contributed by atoms with van der Waals surface area (Å²) in [7, 11) is -2.11. The topological polar surface area (TPSA) is 125 Å². The highest BCUT2D eigenvalue weighted by atomic mass is 127. The molecule has 4 aromatic carbocycles. The maximum atomic E-state index is 11.8. The van der Waals surface area contributed by atoms with Crippen LogP contribution in [-0.2, 0) is 20.5 Å². The molecule has 12 heteroatoms. The van der Waals surface area contributed by atoms with Crippen LogP contribution in [0.25, 0.3) is 0 Å². The van der Waals surface area contributed by atoms with Gasteiger partial charge in [-0.2, -0.15) is 0 Å². The number of carbonyl (C=O) groups is 3. The van der Waals surface area contributed by atoms with Gasteiger partial charge in [0.2, 0.25) is 0 Å². The summed E-state index contributed by atoms with van der Waals surface area (Å²) in [6.45, 7) is 2.97. The lowest BCUT2D eigenvalue weighted by atomic mass is 10.2. The quantitative estimate of drug-likeness (QED) is 0.144. The second-order valence-corrected chi connectivity index (χ2v) is 17.5. The van der Waals surface area contributed by atoms with Gasteiger partial charge < -0.3 is 20.2 Å². The number of carboxylic acid groups (broad SMARTS) is 3. The van der Waals surface area contributed by atoms with Gasteiger partial charge in [-0.25, -0.2) is 0 Å². The van der Waals surface area contributed by atoms with Crippen molar-refractivity contribution in [2.75, 3.05) is 76.9 Å². The molecule has 1 aliphatic heterocycles. The monoisotopic (exact) mass is 823 g/mol. The number of hydrogen-bond acceptors (Lipinski definition) is 7. The average molecular weight is 824 g/mol. The summed E-state index contributed by atoms with van der Waals surface area (Å²) in [5.41, 5.74) is 2.18. The van der Waals surface area contributed by atoms with Crippen molar-refractivity contribution >= 4 is 69.4 Å². The van der Waals surface area contributed by atoms with Gasteiger partial charge in [0.15, 0.2) is 0 Å². The Balaban J connectivity index is 1.46. The van der Waals surface area contributed by atoms with E-state index in [9.17, 15) is 29.7 Å². The molecule has 1 saturated heterocycles. The molecule has 10 nitrogen and oxygen atoms in total. The first kappa shape index (κ1) is 38.4. The van der Waals surface area contributed by atoms with Crippen LogP contribution in [0, 0.1) is 3.57 Å². The molecule has 0 aromatic heterocycles. The standard InChI is InChI=1S/C39H44IN4O6P/c40-32-13-17-36(18-14-32)51(34-7-3-1-4-8-34,35-9-5-2-6-10-35)30-31-11-15-33(16-12-31)44-25-23-42(28-38(47)48)21-19-41(27-37(45)46)20-22-43(24-26-44)29-39(49)50/h1-18H,19-30H2,(H2-,45,46,47,48,49,50)/p+1. The lowest BCUT2D eigenvalue weighted by molar-refractivity contribution is -0.140. The zero-order chi connectivity index (χ0) is 36.2. The molecule has 0 saturated carbocycles. The van der Waals surface area contributed by atoms with Crippen molar-refractivity contribution < 1.29 is 29.7 Å². The van der Waals surface area contributed by atoms with E-state index in [1.165, 1.54) is 25.0 Å². The van der Waals surface area contributed by atoms with E-state index in [4.69, 9.17) is 0 Å². The Hall–Kier alpha value is -3.87. The van der Waals surface area contributed by atoms with Crippen molar-refractivity contribution in [3.05, 3.63) is 118 Å². The molecule has 0 atom stereocenters. The predicted molar refractivity (Wildman–Crippen MR) is 212 cm³/mol. The Labute approximate surface area is 313 Å². The fourth-order valence-corrected chi connectivity index (χ4v) is 11.3. The van der Waals surface area contributed by atoms with Gasteiger partial charge in [-0.1, -0.05) is 48.5 Å². The van der Waals surface area contributed by atoms with Gasteiger partial charge in [0, 0.05) is 61.6 Å². The average Bonchev–Trinajstić information content (AvgIpc) is 3.11. The number of rotatable bonds is 12. The van der Waals surface area contributed by atoms with Crippen LogP contribution in [0.3, 0.4) is 0 Å². The smallest absolute Gasteiger partial charge is 0.317 e. The molecule has 0 aliphatic carbocycles. The fraction of sp³-hybridized carbons (Fsp3) is 0.308. The van der Waals surface area contributed by atoms with E-state index < -0.39 is 25.2 Å². The molecular weight excluding hydrogens is 778 g/mol. The zero-order valence-corrected chi connectivity index (χ0v) is 31.6. The van der Waals surface area contributed by atoms with Gasteiger partial charge in [0.25, 0.3) is 0 Å². The third-order valence-electron chi connectivity index (χ3n) is 9.30. The Kier molecular flexibility index (Phi) is 14.0. The number of halogens is 1. The largest absolute Gasteiger partial charge is 0.480 e. The minimum atomic E-state index is -2.11. The molecule has 0 bridgehead atoms. The zero-order valence-electron chi connectivity index (χ0n) is 28.6. The highest BCUT2D eigenvalue weighted by molar-refractivity contribution is 14.1. The number of aliphatic carboxylic acids is 3. The van der Waals surface area contributed by atoms with E-state index in [-0.39, 0.29) is 19.6 Å². The molecule has 1 aliphatic rings. The SMILES string of the molecule is O=C(O)CN1CCN(CC(=O)O)CCN(c2ccc(C[P+](c3ccccc3)(c3ccccc3)c3ccc(I)cc3)cc2)CCN(CC(=O)O)CC1. The summed E-state index contributed by atoms with van der Waals surface area (Å²) in [6.07, 6.45) is 0.827. The number of hydrogen-bond donors (Lipinski definition) is 3. The van der Waals surface area contributed by atoms with E-state index in [2.05, 4.69) is 137 Å². The lowest BCUT2D eigenvalue weighted by Crippen LogP contribution is -2.48.